The predicted molar refractivity (Wildman–Crippen MR) is 66.7 cm³/mol. The zero-order valence-electron chi connectivity index (χ0n) is 9.16. The Morgan fingerprint density at radius 2 is 2.50 bits per heavy atom. The Kier molecular flexibility index (Phi) is 3.60. The molecule has 88 valence electrons. The number of nitrogens with zero attached hydrogens (tertiary/aromatic N) is 2. The van der Waals surface area contributed by atoms with Crippen molar-refractivity contribution in [2.24, 2.45) is 7.05 Å². The molecule has 16 heavy (non-hydrogen) atoms. The van der Waals surface area contributed by atoms with E-state index in [1.807, 2.05) is 0 Å². The van der Waals surface area contributed by atoms with Crippen molar-refractivity contribution in [1.82, 2.24) is 15.1 Å². The number of rotatable bonds is 2. The lowest BCUT2D eigenvalue weighted by Crippen LogP contribution is -2.39. The van der Waals surface area contributed by atoms with Gasteiger partial charge >= 0.3 is 0 Å². The molecule has 1 saturated heterocycles. The molecule has 2 heterocycles. The topological polar surface area (TPSA) is 59.0 Å². The molecule has 1 unspecified atom stereocenters. The van der Waals surface area contributed by atoms with E-state index >= 15 is 0 Å². The minimum absolute atomic E-state index is 0.117. The zero-order chi connectivity index (χ0) is 11.5. The van der Waals surface area contributed by atoms with Crippen LogP contribution in [0, 0.1) is 0 Å². The molecule has 2 rings (SSSR count). The SMILES string of the molecule is Cn1ncc(NC2CCCNC2)c(Br)c1=O. The van der Waals surface area contributed by atoms with E-state index in [-0.39, 0.29) is 5.56 Å². The zero-order valence-corrected chi connectivity index (χ0v) is 10.7. The Bertz CT molecular complexity index is 425. The summed E-state index contributed by atoms with van der Waals surface area (Å²) in [5.74, 6) is 0. The first-order valence-corrected chi connectivity index (χ1v) is 6.17. The van der Waals surface area contributed by atoms with Crippen molar-refractivity contribution in [2.45, 2.75) is 18.9 Å². The second-order valence-corrected chi connectivity index (χ2v) is 4.78. The van der Waals surface area contributed by atoms with E-state index in [1.165, 1.54) is 4.68 Å². The molecule has 0 radical (unpaired) electrons. The minimum Gasteiger partial charge on any atom is -0.379 e. The number of hydrogen-bond acceptors (Lipinski definition) is 4. The number of aromatic nitrogens is 2. The van der Waals surface area contributed by atoms with Gasteiger partial charge in [0.1, 0.15) is 4.47 Å². The molecule has 0 aliphatic carbocycles. The summed E-state index contributed by atoms with van der Waals surface area (Å²) in [7, 11) is 1.64. The highest BCUT2D eigenvalue weighted by molar-refractivity contribution is 9.10. The van der Waals surface area contributed by atoms with Crippen molar-refractivity contribution in [1.29, 1.82) is 0 Å². The fourth-order valence-corrected chi connectivity index (χ4v) is 2.28. The van der Waals surface area contributed by atoms with Gasteiger partial charge in [0.05, 0.1) is 11.9 Å². The monoisotopic (exact) mass is 286 g/mol. The Labute approximate surface area is 102 Å². The van der Waals surface area contributed by atoms with Gasteiger partial charge in [-0.1, -0.05) is 0 Å². The maximum atomic E-state index is 11.6. The molecule has 0 aromatic carbocycles. The summed E-state index contributed by atoms with van der Waals surface area (Å²) >= 11 is 3.30. The molecule has 0 spiro atoms. The summed E-state index contributed by atoms with van der Waals surface area (Å²) in [6, 6.07) is 0.374. The van der Waals surface area contributed by atoms with Crippen molar-refractivity contribution in [3.8, 4) is 0 Å². The van der Waals surface area contributed by atoms with Gasteiger partial charge < -0.3 is 10.6 Å². The van der Waals surface area contributed by atoms with Crippen LogP contribution in [0.3, 0.4) is 0 Å². The van der Waals surface area contributed by atoms with Crippen LogP contribution < -0.4 is 16.2 Å². The highest BCUT2D eigenvalue weighted by atomic mass is 79.9. The third-order valence-corrected chi connectivity index (χ3v) is 3.50. The molecule has 0 amide bonds. The molecular formula is C10H15BrN4O. The molecule has 5 nitrogen and oxygen atoms in total. The number of aryl methyl sites for hydroxylation is 1. The molecule has 6 heteroatoms. The lowest BCUT2D eigenvalue weighted by Gasteiger charge is -2.25. The molecule has 1 aliphatic heterocycles. The van der Waals surface area contributed by atoms with Crippen LogP contribution >= 0.6 is 15.9 Å². The van der Waals surface area contributed by atoms with Gasteiger partial charge in [-0.2, -0.15) is 5.10 Å². The van der Waals surface area contributed by atoms with Gasteiger partial charge in [0, 0.05) is 19.6 Å². The molecule has 1 aliphatic rings. The maximum absolute atomic E-state index is 11.6. The van der Waals surface area contributed by atoms with Crippen LogP contribution in [0.15, 0.2) is 15.5 Å². The lowest BCUT2D eigenvalue weighted by molar-refractivity contribution is 0.479. The molecule has 1 fully saturated rings. The average Bonchev–Trinajstić information content (AvgIpc) is 2.31. The number of anilines is 1. The van der Waals surface area contributed by atoms with Gasteiger partial charge in [0.25, 0.3) is 5.56 Å². The fourth-order valence-electron chi connectivity index (χ4n) is 1.81. The number of halogens is 1. The largest absolute Gasteiger partial charge is 0.379 e. The quantitative estimate of drug-likeness (QED) is 0.841. The van der Waals surface area contributed by atoms with E-state index in [9.17, 15) is 4.79 Å². The van der Waals surface area contributed by atoms with Crippen LogP contribution in [-0.2, 0) is 7.05 Å². The van der Waals surface area contributed by atoms with Gasteiger partial charge in [-0.15, -0.1) is 0 Å². The van der Waals surface area contributed by atoms with E-state index in [2.05, 4.69) is 31.7 Å². The third-order valence-electron chi connectivity index (χ3n) is 2.73. The summed E-state index contributed by atoms with van der Waals surface area (Å²) in [6.45, 7) is 2.01. The first kappa shape index (κ1) is 11.6. The summed E-state index contributed by atoms with van der Waals surface area (Å²) in [6.07, 6.45) is 3.96. The number of piperidine rings is 1. The Hall–Kier alpha value is -0.880. The van der Waals surface area contributed by atoms with Crippen LogP contribution in [-0.4, -0.2) is 28.9 Å². The molecule has 1 aromatic rings. The average molecular weight is 287 g/mol. The van der Waals surface area contributed by atoms with Gasteiger partial charge in [-0.3, -0.25) is 4.79 Å². The molecular weight excluding hydrogens is 272 g/mol. The van der Waals surface area contributed by atoms with Crippen molar-refractivity contribution in [3.63, 3.8) is 0 Å². The first-order valence-electron chi connectivity index (χ1n) is 5.37. The Morgan fingerprint density at radius 1 is 1.69 bits per heavy atom. The standard InChI is InChI=1S/C10H15BrN4O/c1-15-10(16)9(11)8(6-13-15)14-7-3-2-4-12-5-7/h6-7,12,14H,2-5H2,1H3. The van der Waals surface area contributed by atoms with E-state index in [0.29, 0.717) is 10.5 Å². The second-order valence-electron chi connectivity index (χ2n) is 3.99. The lowest BCUT2D eigenvalue weighted by atomic mass is 10.1. The summed E-state index contributed by atoms with van der Waals surface area (Å²) in [5, 5.41) is 10.6. The molecule has 1 aromatic heterocycles. The van der Waals surface area contributed by atoms with Crippen molar-refractivity contribution < 1.29 is 0 Å². The predicted octanol–water partition coefficient (Wildman–Crippen LogP) is 0.707. The third kappa shape index (κ3) is 2.44. The smallest absolute Gasteiger partial charge is 0.282 e. The highest BCUT2D eigenvalue weighted by Gasteiger charge is 2.15. The summed E-state index contributed by atoms with van der Waals surface area (Å²) < 4.78 is 1.87. The summed E-state index contributed by atoms with van der Waals surface area (Å²) in [5.41, 5.74) is 0.658. The highest BCUT2D eigenvalue weighted by Crippen LogP contribution is 2.18. The van der Waals surface area contributed by atoms with E-state index in [1.54, 1.807) is 13.2 Å². The molecule has 0 bridgehead atoms. The number of hydrogen-bond donors (Lipinski definition) is 2. The first-order chi connectivity index (χ1) is 7.68. The Balaban J connectivity index is 2.15. The maximum Gasteiger partial charge on any atom is 0.282 e. The van der Waals surface area contributed by atoms with Crippen molar-refractivity contribution >= 4 is 21.6 Å². The Morgan fingerprint density at radius 3 is 3.19 bits per heavy atom. The minimum atomic E-state index is -0.117. The van der Waals surface area contributed by atoms with Crippen LogP contribution in [0.25, 0.3) is 0 Å². The summed E-state index contributed by atoms with van der Waals surface area (Å²) in [4.78, 5) is 11.6. The van der Waals surface area contributed by atoms with Crippen molar-refractivity contribution in [2.75, 3.05) is 18.4 Å². The van der Waals surface area contributed by atoms with E-state index in [0.717, 1.165) is 31.6 Å². The van der Waals surface area contributed by atoms with Gasteiger partial charge in [-0.25, -0.2) is 4.68 Å². The van der Waals surface area contributed by atoms with Gasteiger partial charge in [0.2, 0.25) is 0 Å². The fraction of sp³-hybridized carbons (Fsp3) is 0.600. The van der Waals surface area contributed by atoms with Gasteiger partial charge in [-0.05, 0) is 35.3 Å². The van der Waals surface area contributed by atoms with Crippen LogP contribution in [0.2, 0.25) is 0 Å². The van der Waals surface area contributed by atoms with Crippen LogP contribution in [0.1, 0.15) is 12.8 Å². The van der Waals surface area contributed by atoms with Crippen LogP contribution in [0.4, 0.5) is 5.69 Å². The van der Waals surface area contributed by atoms with Crippen LogP contribution in [0.5, 0.6) is 0 Å². The molecule has 2 N–H and O–H groups in total. The molecule has 0 saturated carbocycles. The van der Waals surface area contributed by atoms with Crippen molar-refractivity contribution in [3.05, 3.63) is 21.0 Å². The van der Waals surface area contributed by atoms with E-state index < -0.39 is 0 Å². The van der Waals surface area contributed by atoms with Gasteiger partial charge in [0.15, 0.2) is 0 Å². The molecule has 1 atom stereocenters. The second kappa shape index (κ2) is 4.97. The van der Waals surface area contributed by atoms with E-state index in [4.69, 9.17) is 0 Å². The normalized spacial score (nSPS) is 20.8. The number of nitrogens with one attached hydrogen (secondary N) is 2.